The molecule has 2 N–H and O–H groups in total. The van der Waals surface area contributed by atoms with Gasteiger partial charge in [0, 0.05) is 29.8 Å². The molecule has 6 aromatic rings. The molecule has 0 radical (unpaired) electrons. The van der Waals surface area contributed by atoms with Gasteiger partial charge in [-0.05, 0) is 60.2 Å². The van der Waals surface area contributed by atoms with E-state index in [9.17, 15) is 46.1 Å². The summed E-state index contributed by atoms with van der Waals surface area (Å²) in [5.74, 6) is -1.59. The molecule has 6 rings (SSSR count). The summed E-state index contributed by atoms with van der Waals surface area (Å²) in [6, 6.07) is 17.4. The van der Waals surface area contributed by atoms with Crippen LogP contribution in [0.4, 0.5) is 26.3 Å². The van der Waals surface area contributed by atoms with Gasteiger partial charge in [-0.3, -0.25) is 4.79 Å². The zero-order valence-corrected chi connectivity index (χ0v) is 35.4. The third-order valence-electron chi connectivity index (χ3n) is 7.95. The summed E-state index contributed by atoms with van der Waals surface area (Å²) >= 11 is 14.8. The number of carbonyl (C=O) groups excluding carboxylic acids is 1. The van der Waals surface area contributed by atoms with Gasteiger partial charge >= 0.3 is 24.3 Å². The molecule has 0 spiro atoms. The van der Waals surface area contributed by atoms with Gasteiger partial charge in [0.2, 0.25) is 17.9 Å². The van der Waals surface area contributed by atoms with Crippen LogP contribution >= 0.6 is 39.1 Å². The summed E-state index contributed by atoms with van der Waals surface area (Å²) in [7, 11) is 4.23. The van der Waals surface area contributed by atoms with E-state index < -0.39 is 46.3 Å². The molecule has 0 aliphatic rings. The van der Waals surface area contributed by atoms with Gasteiger partial charge in [0.15, 0.2) is 0 Å². The monoisotopic (exact) mass is 1010 g/mol. The first-order valence-electron chi connectivity index (χ1n) is 17.4. The molecule has 2 unspecified atom stereocenters. The Bertz CT molecular complexity index is 2450. The number of oxazole rings is 2. The van der Waals surface area contributed by atoms with Crippen molar-refractivity contribution in [1.82, 2.24) is 9.97 Å². The van der Waals surface area contributed by atoms with E-state index in [2.05, 4.69) is 30.6 Å². The Kier molecular flexibility index (Phi) is 20.8. The van der Waals surface area contributed by atoms with E-state index in [1.54, 1.807) is 19.2 Å². The van der Waals surface area contributed by atoms with Crippen LogP contribution in [0.5, 0.6) is 11.5 Å². The summed E-state index contributed by atoms with van der Waals surface area (Å²) in [5, 5.41) is 20.0. The molecule has 0 saturated heterocycles. The summed E-state index contributed by atoms with van der Waals surface area (Å²) in [6.07, 6.45) is -7.91. The SMILES string of the molecule is C.C.COC(=O)C(Br)c1cccc(C(F)(F)F)c1.COCc1coc(-c2cc(Cl)ccc2O)n1.COCc1coc(-c2cc(Cl)ccc2OC(C(=O)O)c2cccc(C(F)(F)F)c2)n1. The number of phenols is 1. The molecule has 64 heavy (non-hydrogen) atoms. The first kappa shape index (κ1) is 54.5. The van der Waals surface area contributed by atoms with Crippen molar-refractivity contribution in [3.05, 3.63) is 141 Å². The summed E-state index contributed by atoms with van der Waals surface area (Å²) in [5.41, 5.74) is 0.106. The minimum absolute atomic E-state index is 0. The molecule has 0 bridgehead atoms. The lowest BCUT2D eigenvalue weighted by molar-refractivity contribution is -0.146. The predicted molar refractivity (Wildman–Crippen MR) is 228 cm³/mol. The molecule has 0 aliphatic heterocycles. The van der Waals surface area contributed by atoms with E-state index in [0.717, 1.165) is 30.3 Å². The van der Waals surface area contributed by atoms with E-state index in [1.165, 1.54) is 69.2 Å². The van der Waals surface area contributed by atoms with Gasteiger partial charge in [0.1, 0.15) is 40.2 Å². The number of nitrogens with zero attached hydrogens (tertiary/aromatic N) is 2. The van der Waals surface area contributed by atoms with Crippen molar-refractivity contribution in [2.75, 3.05) is 21.3 Å². The number of ether oxygens (including phenoxy) is 4. The summed E-state index contributed by atoms with van der Waals surface area (Å²) in [6.45, 7) is 0.549. The Morgan fingerprint density at radius 2 is 1.19 bits per heavy atom. The molecule has 2 aromatic heterocycles. The van der Waals surface area contributed by atoms with Gasteiger partial charge < -0.3 is 38.0 Å². The third kappa shape index (κ3) is 15.3. The third-order valence-corrected chi connectivity index (χ3v) is 9.32. The Balaban J connectivity index is 0.000000353. The van der Waals surface area contributed by atoms with E-state index in [-0.39, 0.29) is 55.5 Å². The molecule has 0 amide bonds. The Morgan fingerprint density at radius 1 is 0.719 bits per heavy atom. The van der Waals surface area contributed by atoms with E-state index in [4.69, 9.17) is 46.2 Å². The number of alkyl halides is 7. The van der Waals surface area contributed by atoms with Gasteiger partial charge in [0.25, 0.3) is 0 Å². The molecule has 4 aromatic carbocycles. The summed E-state index contributed by atoms with van der Waals surface area (Å²) < 4.78 is 107. The molecular weight excluding hydrogens is 969 g/mol. The number of carboxylic acids is 1. The topological polar surface area (TPSA) is 164 Å². The zero-order chi connectivity index (χ0) is 45.8. The lowest BCUT2D eigenvalue weighted by atomic mass is 10.1. The van der Waals surface area contributed by atoms with E-state index in [1.807, 2.05) is 0 Å². The van der Waals surface area contributed by atoms with E-state index >= 15 is 0 Å². The first-order valence-corrected chi connectivity index (χ1v) is 19.0. The Labute approximate surface area is 381 Å². The van der Waals surface area contributed by atoms with Crippen LogP contribution < -0.4 is 4.74 Å². The van der Waals surface area contributed by atoms with Crippen molar-refractivity contribution >= 4 is 51.1 Å². The number of hydrogen-bond donors (Lipinski definition) is 2. The van der Waals surface area contributed by atoms with Gasteiger partial charge in [0.05, 0.1) is 42.6 Å². The highest BCUT2D eigenvalue weighted by Gasteiger charge is 2.33. The molecule has 0 aliphatic carbocycles. The number of esters is 1. The molecule has 21 heteroatoms. The van der Waals surface area contributed by atoms with Crippen LogP contribution in [0.1, 0.15) is 59.4 Å². The molecule has 12 nitrogen and oxygen atoms in total. The van der Waals surface area contributed by atoms with Crippen LogP contribution in [0.15, 0.2) is 106 Å². The number of aromatic nitrogens is 2. The Hall–Kier alpha value is -5.60. The second kappa shape index (κ2) is 24.5. The van der Waals surface area contributed by atoms with Crippen molar-refractivity contribution in [2.45, 2.75) is 51.4 Å². The van der Waals surface area contributed by atoms with Crippen molar-refractivity contribution in [2.24, 2.45) is 0 Å². The number of aliphatic carboxylic acids is 1. The number of aromatic hydroxyl groups is 1. The maximum atomic E-state index is 13.0. The molecule has 2 atom stereocenters. The number of carbonyl (C=O) groups is 2. The maximum Gasteiger partial charge on any atom is 0.416 e. The van der Waals surface area contributed by atoms with Gasteiger partial charge in [-0.25, -0.2) is 14.8 Å². The fourth-order valence-electron chi connectivity index (χ4n) is 5.12. The van der Waals surface area contributed by atoms with Crippen LogP contribution in [0.25, 0.3) is 22.9 Å². The molecule has 2 heterocycles. The number of methoxy groups -OCH3 is 3. The number of hydrogen-bond acceptors (Lipinski definition) is 11. The number of carboxylic acid groups (broad SMARTS) is 1. The standard InChI is InChI=1S/C20H15ClF3NO5.C11H10ClNO3.C10H8BrF3O2.2CH4/c1-28-9-14-10-29-18(25-14)15-8-13(21)5-6-16(15)30-17(19(26)27)11-3-2-4-12(7-11)20(22,23)24;1-15-5-8-6-16-11(13-8)9-4-7(12)2-3-10(9)14;1-16-9(15)8(11)6-3-2-4-7(5-6)10(12,13)14;;/h2-8,10,17H,9H2,1H3,(H,26,27);2-4,6,14H,5H2,1H3;2-5,8H,1H3;2*1H4. The number of phenolic OH excluding ortho intramolecular Hbond substituents is 1. The average molecular weight is 1010 g/mol. The Morgan fingerprint density at radius 3 is 1.67 bits per heavy atom. The van der Waals surface area contributed by atoms with Crippen LogP contribution in [0.3, 0.4) is 0 Å². The highest BCUT2D eigenvalue weighted by molar-refractivity contribution is 9.09. The minimum Gasteiger partial charge on any atom is -0.507 e. The normalized spacial score (nSPS) is 11.9. The van der Waals surface area contributed by atoms with Crippen molar-refractivity contribution in [3.63, 3.8) is 0 Å². The fraction of sp³-hybridized carbons (Fsp3) is 0.256. The van der Waals surface area contributed by atoms with Crippen LogP contribution in [-0.2, 0) is 49.4 Å². The molecule has 0 saturated carbocycles. The largest absolute Gasteiger partial charge is 0.507 e. The quantitative estimate of drug-likeness (QED) is 0.0678. The predicted octanol–water partition coefficient (Wildman–Crippen LogP) is 12.8. The van der Waals surface area contributed by atoms with Crippen LogP contribution in [0, 0.1) is 0 Å². The minimum atomic E-state index is -4.62. The number of benzene rings is 4. The highest BCUT2D eigenvalue weighted by Crippen LogP contribution is 2.38. The first-order chi connectivity index (χ1) is 29.2. The second-order valence-corrected chi connectivity index (χ2v) is 14.2. The summed E-state index contributed by atoms with van der Waals surface area (Å²) in [4.78, 5) is 30.4. The van der Waals surface area contributed by atoms with E-state index in [0.29, 0.717) is 39.5 Å². The van der Waals surface area contributed by atoms with Gasteiger partial charge in [-0.15, -0.1) is 0 Å². The molecule has 0 fully saturated rings. The smallest absolute Gasteiger partial charge is 0.416 e. The average Bonchev–Trinajstić information content (AvgIpc) is 3.91. The lowest BCUT2D eigenvalue weighted by Gasteiger charge is -2.18. The highest BCUT2D eigenvalue weighted by atomic mass is 79.9. The molecular formula is C43H41BrCl2F6N2O10. The number of rotatable bonds is 12. The molecule has 346 valence electrons. The zero-order valence-electron chi connectivity index (χ0n) is 32.3. The van der Waals surface area contributed by atoms with Crippen molar-refractivity contribution in [3.8, 4) is 34.4 Å². The van der Waals surface area contributed by atoms with Gasteiger partial charge in [-0.2, -0.15) is 26.3 Å². The fourth-order valence-corrected chi connectivity index (χ4v) is 5.94. The number of halogens is 9. The van der Waals surface area contributed by atoms with Crippen molar-refractivity contribution < 1.29 is 73.9 Å². The van der Waals surface area contributed by atoms with Crippen LogP contribution in [0.2, 0.25) is 10.0 Å². The maximum absolute atomic E-state index is 13.0. The van der Waals surface area contributed by atoms with Crippen LogP contribution in [-0.4, -0.2) is 53.4 Å². The van der Waals surface area contributed by atoms with Crippen molar-refractivity contribution in [1.29, 1.82) is 0 Å². The lowest BCUT2D eigenvalue weighted by Crippen LogP contribution is -2.19. The van der Waals surface area contributed by atoms with Gasteiger partial charge in [-0.1, -0.05) is 84.3 Å². The second-order valence-electron chi connectivity index (χ2n) is 12.4.